The van der Waals surface area contributed by atoms with Crippen molar-refractivity contribution in [3.8, 4) is 0 Å². The maximum atomic E-state index is 13.1. The lowest BCUT2D eigenvalue weighted by atomic mass is 9.91. The first-order chi connectivity index (χ1) is 12.3. The molecule has 1 aliphatic carbocycles. The molecule has 0 saturated heterocycles. The van der Waals surface area contributed by atoms with Gasteiger partial charge in [0.05, 0.1) is 10.6 Å². The van der Waals surface area contributed by atoms with E-state index in [9.17, 15) is 13.2 Å². The first-order valence-corrected chi connectivity index (χ1v) is 10.3. The van der Waals surface area contributed by atoms with Crippen LogP contribution in [-0.4, -0.2) is 14.3 Å². The number of amides is 1. The number of carbonyl (C=O) groups excluding carboxylic acids is 1. The Labute approximate surface area is 154 Å². The van der Waals surface area contributed by atoms with Crippen molar-refractivity contribution < 1.29 is 13.2 Å². The lowest BCUT2D eigenvalue weighted by Gasteiger charge is -2.21. The second-order valence-corrected chi connectivity index (χ2v) is 8.50. The van der Waals surface area contributed by atoms with E-state index in [0.717, 1.165) is 31.2 Å². The summed E-state index contributed by atoms with van der Waals surface area (Å²) in [5.74, 6) is -0.187. The molecule has 0 saturated carbocycles. The van der Waals surface area contributed by atoms with E-state index in [-0.39, 0.29) is 10.8 Å². The Kier molecular flexibility index (Phi) is 5.05. The zero-order valence-electron chi connectivity index (χ0n) is 15.3. The van der Waals surface area contributed by atoms with Gasteiger partial charge in [-0.25, -0.2) is 8.42 Å². The van der Waals surface area contributed by atoms with Gasteiger partial charge in [0.2, 0.25) is 5.91 Å². The molecular weight excluding hydrogens is 348 g/mol. The molecule has 0 unspecified atom stereocenters. The summed E-state index contributed by atoms with van der Waals surface area (Å²) < 4.78 is 28.9. The Morgan fingerprint density at radius 1 is 1.04 bits per heavy atom. The van der Waals surface area contributed by atoms with Gasteiger partial charge >= 0.3 is 0 Å². The van der Waals surface area contributed by atoms with E-state index < -0.39 is 10.0 Å². The zero-order chi connectivity index (χ0) is 18.9. The first kappa shape index (κ1) is 18.5. The summed E-state index contributed by atoms with van der Waals surface area (Å²) in [7, 11) is -3.72. The van der Waals surface area contributed by atoms with Crippen LogP contribution in [0.4, 0.5) is 11.4 Å². The van der Waals surface area contributed by atoms with E-state index in [4.69, 9.17) is 0 Å². The third-order valence-corrected chi connectivity index (χ3v) is 6.36. The third-order valence-electron chi connectivity index (χ3n) is 4.69. The second kappa shape index (κ2) is 7.11. The van der Waals surface area contributed by atoms with Crippen molar-refractivity contribution in [3.05, 3.63) is 52.6 Å². The molecule has 1 amide bonds. The van der Waals surface area contributed by atoms with Crippen LogP contribution in [0, 0.1) is 13.8 Å². The lowest BCUT2D eigenvalue weighted by Crippen LogP contribution is -2.18. The van der Waals surface area contributed by atoms with Crippen LogP contribution in [-0.2, 0) is 27.7 Å². The number of sulfonamides is 1. The fraction of sp³-hybridized carbons (Fsp3) is 0.350. The average Bonchev–Trinajstić information content (AvgIpc) is 2.53. The van der Waals surface area contributed by atoms with Gasteiger partial charge in [0.1, 0.15) is 0 Å². The molecule has 0 atom stereocenters. The molecule has 1 aliphatic rings. The summed E-state index contributed by atoms with van der Waals surface area (Å²) in [5, 5.41) is 2.70. The van der Waals surface area contributed by atoms with Crippen molar-refractivity contribution >= 4 is 27.3 Å². The van der Waals surface area contributed by atoms with Crippen LogP contribution in [0.1, 0.15) is 42.0 Å². The molecule has 138 valence electrons. The van der Waals surface area contributed by atoms with Gasteiger partial charge < -0.3 is 5.32 Å². The summed E-state index contributed by atoms with van der Waals surface area (Å²) in [5.41, 5.74) is 4.81. The van der Waals surface area contributed by atoms with Gasteiger partial charge in [-0.3, -0.25) is 9.52 Å². The minimum atomic E-state index is -3.72. The Morgan fingerprint density at radius 3 is 2.35 bits per heavy atom. The number of rotatable bonds is 4. The highest BCUT2D eigenvalue weighted by atomic mass is 32.2. The van der Waals surface area contributed by atoms with Gasteiger partial charge in [0, 0.05) is 12.6 Å². The van der Waals surface area contributed by atoms with Crippen LogP contribution < -0.4 is 10.0 Å². The smallest absolute Gasteiger partial charge is 0.262 e. The molecule has 0 heterocycles. The predicted octanol–water partition coefficient (Wildman–Crippen LogP) is 3.94. The van der Waals surface area contributed by atoms with Crippen molar-refractivity contribution in [2.75, 3.05) is 10.0 Å². The SMILES string of the molecule is CC(=O)Nc1cc(C)c(S(=O)(=O)Nc2cccc3c2CCCC3)c(C)c1. The minimum absolute atomic E-state index is 0.187. The molecule has 26 heavy (non-hydrogen) atoms. The summed E-state index contributed by atoms with van der Waals surface area (Å²) in [6, 6.07) is 9.18. The molecule has 2 N–H and O–H groups in total. The van der Waals surface area contributed by atoms with E-state index in [1.54, 1.807) is 26.0 Å². The molecule has 0 bridgehead atoms. The van der Waals surface area contributed by atoms with Gasteiger partial charge in [-0.1, -0.05) is 12.1 Å². The minimum Gasteiger partial charge on any atom is -0.326 e. The van der Waals surface area contributed by atoms with Gasteiger partial charge in [-0.15, -0.1) is 0 Å². The maximum absolute atomic E-state index is 13.1. The van der Waals surface area contributed by atoms with Crippen molar-refractivity contribution in [2.45, 2.75) is 51.3 Å². The summed E-state index contributed by atoms with van der Waals surface area (Å²) in [4.78, 5) is 11.5. The first-order valence-electron chi connectivity index (χ1n) is 8.80. The molecular formula is C20H24N2O3S. The van der Waals surface area contributed by atoms with E-state index in [1.807, 2.05) is 12.1 Å². The van der Waals surface area contributed by atoms with Gasteiger partial charge in [0.15, 0.2) is 0 Å². The van der Waals surface area contributed by atoms with Crippen LogP contribution in [0.25, 0.3) is 0 Å². The monoisotopic (exact) mass is 372 g/mol. The van der Waals surface area contributed by atoms with E-state index >= 15 is 0 Å². The molecule has 0 fully saturated rings. The number of carbonyl (C=O) groups is 1. The lowest BCUT2D eigenvalue weighted by molar-refractivity contribution is -0.114. The van der Waals surface area contributed by atoms with Crippen LogP contribution in [0.3, 0.4) is 0 Å². The van der Waals surface area contributed by atoms with Gasteiger partial charge in [-0.05, 0) is 80.0 Å². The van der Waals surface area contributed by atoms with E-state index in [1.165, 1.54) is 12.5 Å². The van der Waals surface area contributed by atoms with Crippen LogP contribution in [0.15, 0.2) is 35.2 Å². The fourth-order valence-electron chi connectivity index (χ4n) is 3.72. The molecule has 5 nitrogen and oxygen atoms in total. The number of nitrogens with one attached hydrogen (secondary N) is 2. The summed E-state index contributed by atoms with van der Waals surface area (Å²) in [6.45, 7) is 4.91. The van der Waals surface area contributed by atoms with Crippen molar-refractivity contribution in [1.29, 1.82) is 0 Å². The quantitative estimate of drug-likeness (QED) is 0.853. The molecule has 0 radical (unpaired) electrons. The Hall–Kier alpha value is -2.34. The molecule has 2 aromatic carbocycles. The normalized spacial score (nSPS) is 13.8. The highest BCUT2D eigenvalue weighted by Gasteiger charge is 2.23. The van der Waals surface area contributed by atoms with Crippen LogP contribution in [0.5, 0.6) is 0 Å². The van der Waals surface area contributed by atoms with E-state index in [0.29, 0.717) is 22.5 Å². The van der Waals surface area contributed by atoms with Crippen molar-refractivity contribution in [1.82, 2.24) is 0 Å². The number of hydrogen-bond donors (Lipinski definition) is 2. The fourth-order valence-corrected chi connectivity index (χ4v) is 5.27. The number of aryl methyl sites for hydroxylation is 3. The number of fused-ring (bicyclic) bond motifs is 1. The Morgan fingerprint density at radius 2 is 1.69 bits per heavy atom. The molecule has 0 aromatic heterocycles. The molecule has 0 spiro atoms. The third kappa shape index (κ3) is 3.75. The van der Waals surface area contributed by atoms with Crippen LogP contribution >= 0.6 is 0 Å². The predicted molar refractivity (Wildman–Crippen MR) is 104 cm³/mol. The molecule has 6 heteroatoms. The molecule has 2 aromatic rings. The zero-order valence-corrected chi connectivity index (χ0v) is 16.2. The summed E-state index contributed by atoms with van der Waals surface area (Å²) in [6.07, 6.45) is 4.11. The average molecular weight is 372 g/mol. The van der Waals surface area contributed by atoms with Crippen molar-refractivity contribution in [2.24, 2.45) is 0 Å². The number of benzene rings is 2. The second-order valence-electron chi connectivity index (χ2n) is 6.88. The summed E-state index contributed by atoms with van der Waals surface area (Å²) >= 11 is 0. The largest absolute Gasteiger partial charge is 0.326 e. The molecule has 3 rings (SSSR count). The highest BCUT2D eigenvalue weighted by Crippen LogP contribution is 2.31. The standard InChI is InChI=1S/C20H24N2O3S/c1-13-11-17(21-15(3)23)12-14(2)20(13)26(24,25)22-19-10-6-8-16-7-4-5-9-18(16)19/h6,8,10-12,22H,4-5,7,9H2,1-3H3,(H,21,23). The Balaban J connectivity index is 1.98. The van der Waals surface area contributed by atoms with Gasteiger partial charge in [-0.2, -0.15) is 0 Å². The van der Waals surface area contributed by atoms with E-state index in [2.05, 4.69) is 16.1 Å². The topological polar surface area (TPSA) is 75.3 Å². The van der Waals surface area contributed by atoms with Crippen molar-refractivity contribution in [3.63, 3.8) is 0 Å². The number of hydrogen-bond acceptors (Lipinski definition) is 3. The Bertz CT molecular complexity index is 942. The molecule has 0 aliphatic heterocycles. The maximum Gasteiger partial charge on any atom is 0.262 e. The van der Waals surface area contributed by atoms with Gasteiger partial charge in [0.25, 0.3) is 10.0 Å². The van der Waals surface area contributed by atoms with Crippen LogP contribution in [0.2, 0.25) is 0 Å². The highest BCUT2D eigenvalue weighted by molar-refractivity contribution is 7.92. The number of anilines is 2.